The van der Waals surface area contributed by atoms with Crippen LogP contribution in [0.4, 0.5) is 5.00 Å². The van der Waals surface area contributed by atoms with Crippen molar-refractivity contribution in [2.24, 2.45) is 0 Å². The van der Waals surface area contributed by atoms with Gasteiger partial charge in [0.1, 0.15) is 15.9 Å². The fraction of sp³-hybridized carbons (Fsp3) is 0.455. The molecule has 5 nitrogen and oxygen atoms in total. The Morgan fingerprint density at radius 2 is 2.41 bits per heavy atom. The van der Waals surface area contributed by atoms with Crippen LogP contribution in [0.5, 0.6) is 0 Å². The third-order valence-corrected chi connectivity index (χ3v) is 3.40. The van der Waals surface area contributed by atoms with Gasteiger partial charge in [0.2, 0.25) is 0 Å². The molecule has 0 bridgehead atoms. The topological polar surface area (TPSA) is 73.6 Å². The summed E-state index contributed by atoms with van der Waals surface area (Å²) >= 11 is 1.11. The molecule has 0 saturated heterocycles. The van der Waals surface area contributed by atoms with E-state index in [0.29, 0.717) is 30.3 Å². The lowest BCUT2D eigenvalue weighted by Gasteiger charge is -2.17. The zero-order chi connectivity index (χ0) is 12.8. The zero-order valence-electron chi connectivity index (χ0n) is 9.77. The number of carboxylic acid groups (broad SMARTS) is 1. The minimum Gasteiger partial charge on any atom is -0.477 e. The van der Waals surface area contributed by atoms with Gasteiger partial charge in [-0.15, -0.1) is 11.3 Å². The number of nitriles is 1. The number of anilines is 1. The van der Waals surface area contributed by atoms with Gasteiger partial charge in [0.05, 0.1) is 12.2 Å². The number of nitrogens with zero attached hydrogens (tertiary/aromatic N) is 2. The highest BCUT2D eigenvalue weighted by Crippen LogP contribution is 2.30. The van der Waals surface area contributed by atoms with Crippen molar-refractivity contribution in [2.75, 3.05) is 31.7 Å². The molecule has 6 heteroatoms. The van der Waals surface area contributed by atoms with Crippen LogP contribution >= 0.6 is 11.3 Å². The molecule has 92 valence electrons. The first-order valence-corrected chi connectivity index (χ1v) is 5.97. The van der Waals surface area contributed by atoms with Crippen LogP contribution in [-0.2, 0) is 4.74 Å². The summed E-state index contributed by atoms with van der Waals surface area (Å²) in [6.45, 7) is 3.73. The largest absolute Gasteiger partial charge is 0.477 e. The Bertz CT molecular complexity index is 436. The monoisotopic (exact) mass is 254 g/mol. The molecule has 0 aliphatic carbocycles. The first-order valence-electron chi connectivity index (χ1n) is 5.16. The van der Waals surface area contributed by atoms with Crippen molar-refractivity contribution in [3.05, 3.63) is 16.5 Å². The van der Waals surface area contributed by atoms with E-state index < -0.39 is 5.97 Å². The molecule has 0 unspecified atom stereocenters. The van der Waals surface area contributed by atoms with E-state index in [0.717, 1.165) is 11.3 Å². The highest BCUT2D eigenvalue weighted by atomic mass is 32.1. The minimum absolute atomic E-state index is 0.180. The smallest absolute Gasteiger partial charge is 0.345 e. The Kier molecular flexibility index (Phi) is 4.94. The number of hydrogen-bond acceptors (Lipinski definition) is 5. The van der Waals surface area contributed by atoms with Crippen molar-refractivity contribution in [3.8, 4) is 6.07 Å². The van der Waals surface area contributed by atoms with Crippen LogP contribution in [0, 0.1) is 11.3 Å². The van der Waals surface area contributed by atoms with E-state index in [1.165, 1.54) is 6.07 Å². The fourth-order valence-electron chi connectivity index (χ4n) is 1.30. The normalized spacial score (nSPS) is 9.94. The van der Waals surface area contributed by atoms with E-state index in [-0.39, 0.29) is 4.88 Å². The number of thiophene rings is 1. The zero-order valence-corrected chi connectivity index (χ0v) is 10.6. The highest BCUT2D eigenvalue weighted by Gasteiger charge is 2.16. The highest BCUT2D eigenvalue weighted by molar-refractivity contribution is 7.18. The molecule has 0 atom stereocenters. The summed E-state index contributed by atoms with van der Waals surface area (Å²) < 4.78 is 5.22. The molecular weight excluding hydrogens is 240 g/mol. The summed E-state index contributed by atoms with van der Waals surface area (Å²) in [6, 6.07) is 3.41. The lowest BCUT2D eigenvalue weighted by Crippen LogP contribution is -2.22. The van der Waals surface area contributed by atoms with Crippen LogP contribution in [-0.4, -0.2) is 37.9 Å². The van der Waals surface area contributed by atoms with Gasteiger partial charge in [-0.25, -0.2) is 4.79 Å². The van der Waals surface area contributed by atoms with Gasteiger partial charge in [-0.05, 0) is 13.0 Å². The third-order valence-electron chi connectivity index (χ3n) is 2.17. The van der Waals surface area contributed by atoms with Gasteiger partial charge < -0.3 is 14.7 Å². The average Bonchev–Trinajstić information content (AvgIpc) is 2.73. The fourth-order valence-corrected chi connectivity index (χ4v) is 2.23. The van der Waals surface area contributed by atoms with Crippen molar-refractivity contribution >= 4 is 22.3 Å². The van der Waals surface area contributed by atoms with E-state index in [9.17, 15) is 4.79 Å². The van der Waals surface area contributed by atoms with Crippen molar-refractivity contribution in [2.45, 2.75) is 6.92 Å². The van der Waals surface area contributed by atoms with Gasteiger partial charge in [-0.2, -0.15) is 5.26 Å². The molecular formula is C11H14N2O3S. The van der Waals surface area contributed by atoms with Crippen LogP contribution in [0.3, 0.4) is 0 Å². The summed E-state index contributed by atoms with van der Waals surface area (Å²) in [7, 11) is 1.82. The molecule has 17 heavy (non-hydrogen) atoms. The predicted octanol–water partition coefficient (Wildman–Crippen LogP) is 1.79. The second-order valence-corrected chi connectivity index (χ2v) is 4.40. The Morgan fingerprint density at radius 3 is 2.94 bits per heavy atom. The lowest BCUT2D eigenvalue weighted by molar-refractivity contribution is 0.0702. The maximum atomic E-state index is 10.8. The van der Waals surface area contributed by atoms with Gasteiger partial charge in [-0.3, -0.25) is 0 Å². The van der Waals surface area contributed by atoms with E-state index >= 15 is 0 Å². The molecule has 0 aromatic carbocycles. The molecule has 1 aromatic heterocycles. The summed E-state index contributed by atoms with van der Waals surface area (Å²) in [5.41, 5.74) is 0.395. The van der Waals surface area contributed by atoms with Crippen LogP contribution in [0.2, 0.25) is 0 Å². The number of aromatic carboxylic acids is 1. The predicted molar refractivity (Wildman–Crippen MR) is 65.8 cm³/mol. The average molecular weight is 254 g/mol. The van der Waals surface area contributed by atoms with E-state index in [4.69, 9.17) is 15.1 Å². The summed E-state index contributed by atoms with van der Waals surface area (Å²) in [6.07, 6.45) is 0. The standard InChI is InChI=1S/C11H14N2O3S/c1-3-16-5-4-13(2)10-8(7-12)6-9(17-10)11(14)15/h6H,3-5H2,1-2H3,(H,14,15). The van der Waals surface area contributed by atoms with Crippen LogP contribution in [0.15, 0.2) is 6.07 Å². The SMILES string of the molecule is CCOCCN(C)c1sc(C(=O)O)cc1C#N. The van der Waals surface area contributed by atoms with Gasteiger partial charge in [0.25, 0.3) is 0 Å². The van der Waals surface area contributed by atoms with Crippen LogP contribution < -0.4 is 4.90 Å². The Morgan fingerprint density at radius 1 is 1.71 bits per heavy atom. The van der Waals surface area contributed by atoms with Crippen molar-refractivity contribution in [3.63, 3.8) is 0 Å². The first kappa shape index (κ1) is 13.5. The molecule has 0 radical (unpaired) electrons. The van der Waals surface area contributed by atoms with E-state index in [1.54, 1.807) is 0 Å². The van der Waals surface area contributed by atoms with Crippen LogP contribution in [0.1, 0.15) is 22.2 Å². The number of carboxylic acids is 1. The Hall–Kier alpha value is -1.58. The maximum Gasteiger partial charge on any atom is 0.345 e. The maximum absolute atomic E-state index is 10.8. The molecule has 1 heterocycles. The number of ether oxygens (including phenoxy) is 1. The first-order chi connectivity index (χ1) is 8.10. The number of rotatable bonds is 6. The number of carbonyl (C=O) groups is 1. The van der Waals surface area contributed by atoms with Gasteiger partial charge in [-0.1, -0.05) is 0 Å². The lowest BCUT2D eigenvalue weighted by atomic mass is 10.3. The molecule has 1 rings (SSSR count). The van der Waals surface area contributed by atoms with Crippen molar-refractivity contribution in [1.82, 2.24) is 0 Å². The number of hydrogen-bond donors (Lipinski definition) is 1. The molecule has 0 aliphatic rings. The molecule has 0 fully saturated rings. The molecule has 0 amide bonds. The van der Waals surface area contributed by atoms with Gasteiger partial charge in [0.15, 0.2) is 0 Å². The number of likely N-dealkylation sites (N-methyl/N-ethyl adjacent to an activating group) is 1. The summed E-state index contributed by atoms with van der Waals surface area (Å²) in [5.74, 6) is -1.00. The Labute approximate surface area is 104 Å². The summed E-state index contributed by atoms with van der Waals surface area (Å²) in [4.78, 5) is 12.8. The van der Waals surface area contributed by atoms with Gasteiger partial charge >= 0.3 is 5.97 Å². The Balaban J connectivity index is 2.81. The molecule has 1 aromatic rings. The molecule has 0 spiro atoms. The third kappa shape index (κ3) is 3.44. The van der Waals surface area contributed by atoms with Crippen molar-refractivity contribution in [1.29, 1.82) is 5.26 Å². The van der Waals surface area contributed by atoms with E-state index in [2.05, 4.69) is 0 Å². The van der Waals surface area contributed by atoms with Crippen LogP contribution in [0.25, 0.3) is 0 Å². The second kappa shape index (κ2) is 6.23. The van der Waals surface area contributed by atoms with E-state index in [1.807, 2.05) is 24.9 Å². The van der Waals surface area contributed by atoms with Gasteiger partial charge in [0, 0.05) is 20.2 Å². The molecule has 0 aliphatic heterocycles. The molecule has 0 saturated carbocycles. The molecule has 1 N–H and O–H groups in total. The second-order valence-electron chi connectivity index (χ2n) is 3.36. The van der Waals surface area contributed by atoms with Crippen molar-refractivity contribution < 1.29 is 14.6 Å². The quantitative estimate of drug-likeness (QED) is 0.783. The summed E-state index contributed by atoms with van der Waals surface area (Å²) in [5, 5.41) is 18.5. The minimum atomic E-state index is -1.00.